The van der Waals surface area contributed by atoms with Crippen LogP contribution in [0.15, 0.2) is 53.9 Å². The van der Waals surface area contributed by atoms with Gasteiger partial charge in [0.15, 0.2) is 5.13 Å². The van der Waals surface area contributed by atoms with Crippen molar-refractivity contribution in [2.75, 3.05) is 23.3 Å². The van der Waals surface area contributed by atoms with Crippen molar-refractivity contribution in [1.29, 1.82) is 0 Å². The highest BCUT2D eigenvalue weighted by Gasteiger charge is 2.16. The van der Waals surface area contributed by atoms with Crippen molar-refractivity contribution in [3.05, 3.63) is 65.0 Å². The van der Waals surface area contributed by atoms with Crippen LogP contribution in [0.1, 0.15) is 54.9 Å². The Bertz CT molecular complexity index is 957. The lowest BCUT2D eigenvalue weighted by atomic mass is 10.0. The largest absolute Gasteiger partial charge is 0.348 e. The number of nitrogens with zero attached hydrogens (tertiary/aromatic N) is 2. The maximum absolute atomic E-state index is 12.6. The van der Waals surface area contributed by atoms with Gasteiger partial charge in [-0.2, -0.15) is 0 Å². The van der Waals surface area contributed by atoms with E-state index < -0.39 is 0 Å². The molecule has 0 spiro atoms. The van der Waals surface area contributed by atoms with Crippen LogP contribution in [-0.4, -0.2) is 24.0 Å². The molecule has 1 aliphatic heterocycles. The van der Waals surface area contributed by atoms with Gasteiger partial charge in [0.05, 0.1) is 5.69 Å². The first kappa shape index (κ1) is 20.6. The smallest absolute Gasteiger partial charge is 0.255 e. The lowest BCUT2D eigenvalue weighted by Crippen LogP contribution is -2.17. The van der Waals surface area contributed by atoms with Crippen molar-refractivity contribution in [3.63, 3.8) is 0 Å². The normalized spacial score (nSPS) is 13.6. The molecule has 1 saturated heterocycles. The maximum Gasteiger partial charge on any atom is 0.255 e. The molecular weight excluding hydrogens is 390 g/mol. The maximum atomic E-state index is 12.6. The van der Waals surface area contributed by atoms with Gasteiger partial charge in [-0.25, -0.2) is 4.98 Å². The first-order valence-electron chi connectivity index (χ1n) is 10.9. The number of hydrogen-bond donors (Lipinski definition) is 1. The Morgan fingerprint density at radius 1 is 1.03 bits per heavy atom. The molecule has 1 aliphatic rings. The van der Waals surface area contributed by atoms with Crippen molar-refractivity contribution in [2.45, 2.75) is 45.4 Å². The Morgan fingerprint density at radius 2 is 1.77 bits per heavy atom. The minimum Gasteiger partial charge on any atom is -0.348 e. The zero-order chi connectivity index (χ0) is 20.8. The van der Waals surface area contributed by atoms with E-state index in [1.165, 1.54) is 37.7 Å². The summed E-state index contributed by atoms with van der Waals surface area (Å²) in [5.41, 5.74) is 4.85. The molecule has 2 heterocycles. The Hall–Kier alpha value is -2.66. The Balaban J connectivity index is 1.35. The summed E-state index contributed by atoms with van der Waals surface area (Å²) in [6.07, 6.45) is 7.26. The predicted molar refractivity (Wildman–Crippen MR) is 127 cm³/mol. The number of benzene rings is 2. The second-order valence-corrected chi connectivity index (χ2v) is 8.73. The highest BCUT2D eigenvalue weighted by atomic mass is 32.1. The van der Waals surface area contributed by atoms with E-state index in [1.54, 1.807) is 11.3 Å². The second-order valence-electron chi connectivity index (χ2n) is 7.89. The summed E-state index contributed by atoms with van der Waals surface area (Å²) in [7, 11) is 0. The Morgan fingerprint density at radius 3 is 2.47 bits per heavy atom. The van der Waals surface area contributed by atoms with Gasteiger partial charge in [0.2, 0.25) is 0 Å². The van der Waals surface area contributed by atoms with Gasteiger partial charge in [-0.05, 0) is 55.5 Å². The van der Waals surface area contributed by atoms with E-state index in [1.807, 2.05) is 36.4 Å². The fraction of sp³-hybridized carbons (Fsp3) is 0.360. The summed E-state index contributed by atoms with van der Waals surface area (Å²) in [6, 6.07) is 15.9. The van der Waals surface area contributed by atoms with Crippen molar-refractivity contribution < 1.29 is 4.79 Å². The van der Waals surface area contributed by atoms with E-state index in [9.17, 15) is 4.79 Å². The van der Waals surface area contributed by atoms with Crippen LogP contribution in [0.25, 0.3) is 11.3 Å². The molecule has 1 amide bonds. The minimum absolute atomic E-state index is 0.0761. The monoisotopic (exact) mass is 419 g/mol. The molecule has 0 radical (unpaired) electrons. The van der Waals surface area contributed by atoms with Gasteiger partial charge < -0.3 is 10.2 Å². The zero-order valence-corrected chi connectivity index (χ0v) is 18.4. The van der Waals surface area contributed by atoms with Gasteiger partial charge in [-0.3, -0.25) is 4.79 Å². The number of aromatic nitrogens is 1. The molecule has 0 bridgehead atoms. The Labute approximate surface area is 183 Å². The Kier molecular flexibility index (Phi) is 6.80. The standard InChI is InChI=1S/C25H29N3OS/c1-2-3-4-7-19-8-10-21(11-9-19)24(29)26-22-14-12-20(13-15-22)23-18-30-25(27-23)28-16-5-6-17-28/h8-15,18H,2-7,16-17H2,1H3,(H,26,29). The van der Waals surface area contributed by atoms with E-state index in [-0.39, 0.29) is 5.91 Å². The van der Waals surface area contributed by atoms with E-state index in [2.05, 4.69) is 34.7 Å². The number of nitrogens with one attached hydrogen (secondary N) is 1. The molecule has 4 nitrogen and oxygen atoms in total. The van der Waals surface area contributed by atoms with Crippen LogP contribution >= 0.6 is 11.3 Å². The number of rotatable bonds is 8. The van der Waals surface area contributed by atoms with E-state index in [0.29, 0.717) is 5.56 Å². The molecule has 1 fully saturated rings. The molecule has 3 aromatic rings. The fourth-order valence-electron chi connectivity index (χ4n) is 3.78. The van der Waals surface area contributed by atoms with Crippen LogP contribution in [0, 0.1) is 0 Å². The number of amides is 1. The number of aryl methyl sites for hydroxylation is 1. The SMILES string of the molecule is CCCCCc1ccc(C(=O)Nc2ccc(-c3csc(N4CCCC4)n3)cc2)cc1. The van der Waals surface area contributed by atoms with Gasteiger partial charge in [0, 0.05) is 35.3 Å². The summed E-state index contributed by atoms with van der Waals surface area (Å²) in [6.45, 7) is 4.43. The van der Waals surface area contributed by atoms with Gasteiger partial charge >= 0.3 is 0 Å². The average molecular weight is 420 g/mol. The number of carbonyl (C=O) groups excluding carboxylic acids is 1. The molecule has 0 aliphatic carbocycles. The first-order valence-corrected chi connectivity index (χ1v) is 11.8. The molecule has 0 unspecified atom stereocenters. The van der Waals surface area contributed by atoms with Crippen molar-refractivity contribution >= 4 is 28.1 Å². The topological polar surface area (TPSA) is 45.2 Å². The number of hydrogen-bond acceptors (Lipinski definition) is 4. The summed E-state index contributed by atoms with van der Waals surface area (Å²) in [5, 5.41) is 6.22. The predicted octanol–water partition coefficient (Wildman–Crippen LogP) is 6.40. The van der Waals surface area contributed by atoms with Crippen molar-refractivity contribution in [1.82, 2.24) is 4.98 Å². The fourth-order valence-corrected chi connectivity index (χ4v) is 4.67. The van der Waals surface area contributed by atoms with E-state index in [4.69, 9.17) is 4.98 Å². The summed E-state index contributed by atoms with van der Waals surface area (Å²) < 4.78 is 0. The lowest BCUT2D eigenvalue weighted by molar-refractivity contribution is 0.102. The van der Waals surface area contributed by atoms with Crippen LogP contribution in [0.2, 0.25) is 0 Å². The van der Waals surface area contributed by atoms with Gasteiger partial charge in [-0.15, -0.1) is 11.3 Å². The summed E-state index contributed by atoms with van der Waals surface area (Å²) in [5.74, 6) is -0.0761. The highest BCUT2D eigenvalue weighted by Crippen LogP contribution is 2.30. The van der Waals surface area contributed by atoms with Gasteiger partial charge in [0.25, 0.3) is 5.91 Å². The van der Waals surface area contributed by atoms with Crippen LogP contribution in [-0.2, 0) is 6.42 Å². The molecule has 0 atom stereocenters. The summed E-state index contributed by atoms with van der Waals surface area (Å²) >= 11 is 1.71. The molecule has 1 N–H and O–H groups in total. The van der Waals surface area contributed by atoms with Gasteiger partial charge in [-0.1, -0.05) is 44.0 Å². The zero-order valence-electron chi connectivity index (χ0n) is 17.6. The molecule has 30 heavy (non-hydrogen) atoms. The molecule has 5 heteroatoms. The number of anilines is 2. The number of unbranched alkanes of at least 4 members (excludes halogenated alkanes) is 2. The minimum atomic E-state index is -0.0761. The quantitative estimate of drug-likeness (QED) is 0.430. The van der Waals surface area contributed by atoms with Crippen molar-refractivity contribution in [2.24, 2.45) is 0 Å². The average Bonchev–Trinajstić information content (AvgIpc) is 3.47. The molecule has 2 aromatic carbocycles. The van der Waals surface area contributed by atoms with E-state index >= 15 is 0 Å². The second kappa shape index (κ2) is 9.90. The third kappa shape index (κ3) is 5.08. The van der Waals surface area contributed by atoms with Crippen LogP contribution < -0.4 is 10.2 Å². The molecule has 1 aromatic heterocycles. The van der Waals surface area contributed by atoms with Crippen LogP contribution in [0.4, 0.5) is 10.8 Å². The van der Waals surface area contributed by atoms with Crippen LogP contribution in [0.5, 0.6) is 0 Å². The molecule has 156 valence electrons. The molecular formula is C25H29N3OS. The number of carbonyl (C=O) groups is 1. The highest BCUT2D eigenvalue weighted by molar-refractivity contribution is 7.14. The third-order valence-electron chi connectivity index (χ3n) is 5.59. The molecule has 4 rings (SSSR count). The number of thiazole rings is 1. The first-order chi connectivity index (χ1) is 14.7. The van der Waals surface area contributed by atoms with E-state index in [0.717, 1.165) is 41.6 Å². The third-order valence-corrected chi connectivity index (χ3v) is 6.49. The van der Waals surface area contributed by atoms with Gasteiger partial charge in [0.1, 0.15) is 0 Å². The molecule has 0 saturated carbocycles. The summed E-state index contributed by atoms with van der Waals surface area (Å²) in [4.78, 5) is 19.7. The van der Waals surface area contributed by atoms with Crippen molar-refractivity contribution in [3.8, 4) is 11.3 Å². The lowest BCUT2D eigenvalue weighted by Gasteiger charge is -2.12. The van der Waals surface area contributed by atoms with Crippen LogP contribution in [0.3, 0.4) is 0 Å².